The van der Waals surface area contributed by atoms with Crippen LogP contribution in [-0.4, -0.2) is 22.1 Å². The van der Waals surface area contributed by atoms with Crippen molar-refractivity contribution in [2.45, 2.75) is 12.5 Å². The van der Waals surface area contributed by atoms with E-state index in [1.165, 1.54) is 0 Å². The average molecular weight is 321 g/mol. The lowest BCUT2D eigenvalue weighted by Crippen LogP contribution is -2.37. The van der Waals surface area contributed by atoms with Crippen molar-refractivity contribution >= 4 is 17.4 Å². The number of aromatic nitrogens is 2. The van der Waals surface area contributed by atoms with E-state index in [0.29, 0.717) is 17.9 Å². The maximum absolute atomic E-state index is 12.2. The predicted molar refractivity (Wildman–Crippen MR) is 95.2 cm³/mol. The highest BCUT2D eigenvalue weighted by Crippen LogP contribution is 2.24. The van der Waals surface area contributed by atoms with Gasteiger partial charge in [0.1, 0.15) is 5.82 Å². The van der Waals surface area contributed by atoms with Gasteiger partial charge in [0, 0.05) is 11.3 Å². The molecule has 6 heteroatoms. The van der Waals surface area contributed by atoms with E-state index in [4.69, 9.17) is 11.5 Å². The molecule has 0 bridgehead atoms. The van der Waals surface area contributed by atoms with Crippen LogP contribution in [0.5, 0.6) is 0 Å². The first-order valence-corrected chi connectivity index (χ1v) is 7.63. The van der Waals surface area contributed by atoms with Crippen LogP contribution in [0.4, 0.5) is 11.5 Å². The van der Waals surface area contributed by atoms with Crippen LogP contribution in [0.3, 0.4) is 0 Å². The molecule has 0 aliphatic rings. The highest BCUT2D eigenvalue weighted by Gasteiger charge is 2.14. The second kappa shape index (κ2) is 6.97. The highest BCUT2D eigenvalue weighted by atomic mass is 16.2. The summed E-state index contributed by atoms with van der Waals surface area (Å²) in [4.78, 5) is 12.2. The number of aromatic amines is 1. The number of anilines is 2. The topological polar surface area (TPSA) is 110 Å². The summed E-state index contributed by atoms with van der Waals surface area (Å²) in [6.07, 6.45) is 2.16. The molecule has 0 aliphatic heterocycles. The fourth-order valence-corrected chi connectivity index (χ4v) is 2.45. The maximum atomic E-state index is 12.2. The van der Waals surface area contributed by atoms with Gasteiger partial charge in [0.05, 0.1) is 12.2 Å². The molecule has 1 unspecified atom stereocenters. The molecule has 2 aromatic carbocycles. The lowest BCUT2D eigenvalue weighted by Gasteiger charge is -2.12. The molecule has 6 nitrogen and oxygen atoms in total. The number of carbonyl (C=O) groups excluding carboxylic acids is 1. The molecule has 0 spiro atoms. The summed E-state index contributed by atoms with van der Waals surface area (Å²) in [5, 5.41) is 9.42. The van der Waals surface area contributed by atoms with E-state index < -0.39 is 6.04 Å². The molecule has 122 valence electrons. The summed E-state index contributed by atoms with van der Waals surface area (Å²) in [7, 11) is 0. The fourth-order valence-electron chi connectivity index (χ4n) is 2.45. The van der Waals surface area contributed by atoms with Gasteiger partial charge in [-0.2, -0.15) is 5.10 Å². The van der Waals surface area contributed by atoms with E-state index in [2.05, 4.69) is 15.5 Å². The van der Waals surface area contributed by atoms with Crippen molar-refractivity contribution in [1.29, 1.82) is 0 Å². The molecule has 1 atom stereocenters. The van der Waals surface area contributed by atoms with Crippen LogP contribution in [-0.2, 0) is 11.2 Å². The Morgan fingerprint density at radius 3 is 2.46 bits per heavy atom. The number of nitrogens with two attached hydrogens (primary N) is 2. The van der Waals surface area contributed by atoms with E-state index in [-0.39, 0.29) is 5.91 Å². The zero-order valence-electron chi connectivity index (χ0n) is 13.1. The second-order valence-electron chi connectivity index (χ2n) is 5.56. The first-order valence-electron chi connectivity index (χ1n) is 7.63. The van der Waals surface area contributed by atoms with E-state index in [1.807, 2.05) is 54.6 Å². The minimum absolute atomic E-state index is 0.213. The third kappa shape index (κ3) is 3.61. The van der Waals surface area contributed by atoms with Crippen molar-refractivity contribution < 1.29 is 4.79 Å². The van der Waals surface area contributed by atoms with Crippen LogP contribution < -0.4 is 16.8 Å². The van der Waals surface area contributed by atoms with E-state index in [9.17, 15) is 4.79 Å². The van der Waals surface area contributed by atoms with Crippen LogP contribution in [0, 0.1) is 0 Å². The number of hydrogen-bond acceptors (Lipinski definition) is 4. The lowest BCUT2D eigenvalue weighted by molar-refractivity contribution is -0.117. The standard InChI is InChI=1S/C18H19N5O/c19-16(10-12-4-2-1-3-5-12)18(24)22-14-8-6-13(7-9-14)15-11-21-23-17(15)20/h1-9,11,16H,10,19H2,(H,22,24)(H3,20,21,23). The predicted octanol–water partition coefficient (Wildman–Crippen LogP) is 2.17. The minimum Gasteiger partial charge on any atom is -0.384 e. The first-order chi connectivity index (χ1) is 11.6. The number of rotatable bonds is 5. The first kappa shape index (κ1) is 15.8. The molecule has 1 heterocycles. The van der Waals surface area contributed by atoms with Gasteiger partial charge in [-0.05, 0) is 29.7 Å². The third-order valence-corrected chi connectivity index (χ3v) is 3.77. The zero-order chi connectivity index (χ0) is 16.9. The number of nitrogen functional groups attached to an aromatic ring is 1. The van der Waals surface area contributed by atoms with Gasteiger partial charge in [0.2, 0.25) is 5.91 Å². The summed E-state index contributed by atoms with van der Waals surface area (Å²) in [5.74, 6) is 0.297. The van der Waals surface area contributed by atoms with Crippen LogP contribution in [0.15, 0.2) is 60.8 Å². The van der Waals surface area contributed by atoms with Crippen molar-refractivity contribution in [1.82, 2.24) is 10.2 Å². The van der Waals surface area contributed by atoms with Gasteiger partial charge in [-0.1, -0.05) is 42.5 Å². The molecular formula is C18H19N5O. The highest BCUT2D eigenvalue weighted by molar-refractivity contribution is 5.95. The van der Waals surface area contributed by atoms with Crippen LogP contribution in [0.1, 0.15) is 5.56 Å². The largest absolute Gasteiger partial charge is 0.384 e. The van der Waals surface area contributed by atoms with Crippen LogP contribution >= 0.6 is 0 Å². The summed E-state index contributed by atoms with van der Waals surface area (Å²) < 4.78 is 0. The van der Waals surface area contributed by atoms with Crippen molar-refractivity contribution in [3.05, 3.63) is 66.4 Å². The Morgan fingerprint density at radius 1 is 1.12 bits per heavy atom. The number of H-pyrrole nitrogens is 1. The molecule has 0 fully saturated rings. The molecule has 1 aromatic heterocycles. The molecule has 1 amide bonds. The molecule has 3 aromatic rings. The molecule has 0 radical (unpaired) electrons. The monoisotopic (exact) mass is 321 g/mol. The summed E-state index contributed by atoms with van der Waals surface area (Å²) in [5.41, 5.74) is 15.3. The van der Waals surface area contributed by atoms with E-state index >= 15 is 0 Å². The average Bonchev–Trinajstić information content (AvgIpc) is 3.02. The van der Waals surface area contributed by atoms with Gasteiger partial charge in [-0.15, -0.1) is 0 Å². The Balaban J connectivity index is 1.63. The number of hydrogen-bond donors (Lipinski definition) is 4. The maximum Gasteiger partial charge on any atom is 0.241 e. The fraction of sp³-hybridized carbons (Fsp3) is 0.111. The van der Waals surface area contributed by atoms with E-state index in [0.717, 1.165) is 16.7 Å². The number of nitrogens with zero attached hydrogens (tertiary/aromatic N) is 1. The molecule has 0 saturated carbocycles. The quantitative estimate of drug-likeness (QED) is 0.577. The van der Waals surface area contributed by atoms with Gasteiger partial charge < -0.3 is 16.8 Å². The van der Waals surface area contributed by atoms with Gasteiger partial charge >= 0.3 is 0 Å². The van der Waals surface area contributed by atoms with Crippen molar-refractivity contribution in [2.24, 2.45) is 5.73 Å². The number of benzene rings is 2. The zero-order valence-corrected chi connectivity index (χ0v) is 13.1. The molecule has 6 N–H and O–H groups in total. The van der Waals surface area contributed by atoms with Crippen LogP contribution in [0.2, 0.25) is 0 Å². The molecular weight excluding hydrogens is 302 g/mol. The van der Waals surface area contributed by atoms with Gasteiger partial charge in [0.25, 0.3) is 0 Å². The molecule has 3 rings (SSSR count). The van der Waals surface area contributed by atoms with Gasteiger partial charge in [-0.25, -0.2) is 0 Å². The number of amides is 1. The molecule has 24 heavy (non-hydrogen) atoms. The summed E-state index contributed by atoms with van der Waals surface area (Å²) in [6, 6.07) is 16.5. The Kier molecular flexibility index (Phi) is 4.58. The van der Waals surface area contributed by atoms with Crippen molar-refractivity contribution in [3.8, 4) is 11.1 Å². The lowest BCUT2D eigenvalue weighted by atomic mass is 10.1. The second-order valence-corrected chi connectivity index (χ2v) is 5.56. The third-order valence-electron chi connectivity index (χ3n) is 3.77. The summed E-state index contributed by atoms with van der Waals surface area (Å²) >= 11 is 0. The Labute approximate surface area is 139 Å². The normalized spacial score (nSPS) is 11.9. The Morgan fingerprint density at radius 2 is 1.83 bits per heavy atom. The van der Waals surface area contributed by atoms with Crippen molar-refractivity contribution in [3.63, 3.8) is 0 Å². The molecule has 0 saturated heterocycles. The summed E-state index contributed by atoms with van der Waals surface area (Å²) in [6.45, 7) is 0. The number of carbonyl (C=O) groups is 1. The minimum atomic E-state index is -0.600. The van der Waals surface area contributed by atoms with Crippen molar-refractivity contribution in [2.75, 3.05) is 11.1 Å². The number of nitrogens with one attached hydrogen (secondary N) is 2. The van der Waals surface area contributed by atoms with E-state index in [1.54, 1.807) is 6.20 Å². The smallest absolute Gasteiger partial charge is 0.241 e. The SMILES string of the molecule is Nc1[nH]ncc1-c1ccc(NC(=O)C(N)Cc2ccccc2)cc1. The van der Waals surface area contributed by atoms with Gasteiger partial charge in [0.15, 0.2) is 0 Å². The Hall–Kier alpha value is -3.12. The Bertz CT molecular complexity index is 811. The van der Waals surface area contributed by atoms with Crippen LogP contribution in [0.25, 0.3) is 11.1 Å². The van der Waals surface area contributed by atoms with Gasteiger partial charge in [-0.3, -0.25) is 9.89 Å². The molecule has 0 aliphatic carbocycles.